The fourth-order valence-corrected chi connectivity index (χ4v) is 4.03. The van der Waals surface area contributed by atoms with Crippen molar-refractivity contribution >= 4 is 61.9 Å². The average molecular weight is 450 g/mol. The van der Waals surface area contributed by atoms with Crippen molar-refractivity contribution in [2.75, 3.05) is 11.5 Å². The van der Waals surface area contributed by atoms with Gasteiger partial charge in [0.1, 0.15) is 18.2 Å². The first-order chi connectivity index (χ1) is 12.5. The summed E-state index contributed by atoms with van der Waals surface area (Å²) < 4.78 is 20.4. The Morgan fingerprint density at radius 3 is 2.85 bits per heavy atom. The van der Waals surface area contributed by atoms with Crippen LogP contribution in [-0.4, -0.2) is 16.8 Å². The number of rotatable bonds is 5. The summed E-state index contributed by atoms with van der Waals surface area (Å²) in [6, 6.07) is 11.3. The quantitative estimate of drug-likeness (QED) is 0.339. The first kappa shape index (κ1) is 18.8. The van der Waals surface area contributed by atoms with Crippen LogP contribution in [0.4, 0.5) is 10.1 Å². The number of ether oxygens (including phenoxy) is 1. The highest BCUT2D eigenvalue weighted by Crippen LogP contribution is 2.37. The minimum absolute atomic E-state index is 0.291. The van der Waals surface area contributed by atoms with E-state index in [4.69, 9.17) is 17.0 Å². The third-order valence-corrected chi connectivity index (χ3v) is 5.27. The van der Waals surface area contributed by atoms with Crippen molar-refractivity contribution in [1.82, 2.24) is 0 Å². The second-order valence-corrected chi connectivity index (χ2v) is 7.87. The van der Waals surface area contributed by atoms with E-state index in [0.29, 0.717) is 27.3 Å². The Kier molecular flexibility index (Phi) is 5.90. The molecule has 3 nitrogen and oxygen atoms in total. The van der Waals surface area contributed by atoms with Gasteiger partial charge in [-0.1, -0.05) is 58.6 Å². The topological polar surface area (TPSA) is 29.5 Å². The number of anilines is 1. The van der Waals surface area contributed by atoms with Crippen LogP contribution in [0.1, 0.15) is 5.56 Å². The molecule has 0 aliphatic carbocycles. The molecule has 1 aliphatic heterocycles. The van der Waals surface area contributed by atoms with Crippen LogP contribution in [0.15, 0.2) is 64.5 Å². The Morgan fingerprint density at radius 2 is 2.12 bits per heavy atom. The predicted molar refractivity (Wildman–Crippen MR) is 112 cm³/mol. The summed E-state index contributed by atoms with van der Waals surface area (Å²) in [7, 11) is 0. The van der Waals surface area contributed by atoms with Crippen LogP contribution >= 0.6 is 39.9 Å². The van der Waals surface area contributed by atoms with Crippen molar-refractivity contribution in [2.24, 2.45) is 0 Å². The number of carbonyl (C=O) groups excluding carboxylic acids is 1. The molecular formula is C19H13BrFNO2S2. The lowest BCUT2D eigenvalue weighted by atomic mass is 10.2. The molecule has 0 saturated carbocycles. The Balaban J connectivity index is 1.96. The highest BCUT2D eigenvalue weighted by atomic mass is 79.9. The lowest BCUT2D eigenvalue weighted by molar-refractivity contribution is -0.113. The average Bonchev–Trinajstić information content (AvgIpc) is 2.88. The molecule has 1 fully saturated rings. The standard InChI is InChI=1S/C19H13BrFNO2S2/c1-2-8-24-16-7-6-13(20)9-12(16)10-17-18(23)22(19(25)26-17)15-5-3-4-14(21)11-15/h2-7,9-11H,1,8H2/b17-10-. The van der Waals surface area contributed by atoms with Crippen LogP contribution in [0.25, 0.3) is 6.08 Å². The van der Waals surface area contributed by atoms with E-state index in [1.165, 1.54) is 28.8 Å². The van der Waals surface area contributed by atoms with Gasteiger partial charge in [-0.3, -0.25) is 9.69 Å². The van der Waals surface area contributed by atoms with Crippen molar-refractivity contribution in [3.63, 3.8) is 0 Å². The number of amides is 1. The number of benzene rings is 2. The van der Waals surface area contributed by atoms with E-state index in [9.17, 15) is 9.18 Å². The van der Waals surface area contributed by atoms with E-state index in [0.717, 1.165) is 10.0 Å². The molecule has 2 aromatic carbocycles. The summed E-state index contributed by atoms with van der Waals surface area (Å²) in [5, 5.41) is 0. The molecule has 26 heavy (non-hydrogen) atoms. The van der Waals surface area contributed by atoms with Crippen LogP contribution in [0.5, 0.6) is 5.75 Å². The SMILES string of the molecule is C=CCOc1ccc(Br)cc1/C=C1\SC(=S)N(c2cccc(F)c2)C1=O. The Bertz CT molecular complexity index is 930. The molecule has 0 atom stereocenters. The smallest absolute Gasteiger partial charge is 0.270 e. The molecule has 1 heterocycles. The van der Waals surface area contributed by atoms with Gasteiger partial charge in [0.2, 0.25) is 0 Å². The second kappa shape index (κ2) is 8.16. The van der Waals surface area contributed by atoms with Gasteiger partial charge in [0.15, 0.2) is 4.32 Å². The van der Waals surface area contributed by atoms with Crippen molar-refractivity contribution in [3.05, 3.63) is 75.9 Å². The molecule has 3 rings (SSSR count). The lowest BCUT2D eigenvalue weighted by Crippen LogP contribution is -2.27. The highest BCUT2D eigenvalue weighted by Gasteiger charge is 2.33. The van der Waals surface area contributed by atoms with Gasteiger partial charge in [-0.25, -0.2) is 4.39 Å². The van der Waals surface area contributed by atoms with Gasteiger partial charge < -0.3 is 4.74 Å². The Morgan fingerprint density at radius 1 is 1.31 bits per heavy atom. The van der Waals surface area contributed by atoms with E-state index in [-0.39, 0.29) is 5.91 Å². The minimum atomic E-state index is -0.423. The van der Waals surface area contributed by atoms with Gasteiger partial charge in [0, 0.05) is 10.0 Å². The zero-order chi connectivity index (χ0) is 18.7. The maximum Gasteiger partial charge on any atom is 0.270 e. The summed E-state index contributed by atoms with van der Waals surface area (Å²) in [5.41, 5.74) is 1.15. The van der Waals surface area contributed by atoms with Crippen molar-refractivity contribution in [1.29, 1.82) is 0 Å². The molecule has 2 aromatic rings. The summed E-state index contributed by atoms with van der Waals surface area (Å²) in [6.45, 7) is 3.99. The number of hydrogen-bond donors (Lipinski definition) is 0. The maximum atomic E-state index is 13.5. The van der Waals surface area contributed by atoms with Gasteiger partial charge in [-0.05, 0) is 42.5 Å². The number of nitrogens with zero attached hydrogens (tertiary/aromatic N) is 1. The lowest BCUT2D eigenvalue weighted by Gasteiger charge is -2.14. The normalized spacial score (nSPS) is 15.6. The zero-order valence-corrected chi connectivity index (χ0v) is 16.7. The molecule has 132 valence electrons. The van der Waals surface area contributed by atoms with E-state index in [1.807, 2.05) is 18.2 Å². The van der Waals surface area contributed by atoms with Gasteiger partial charge >= 0.3 is 0 Å². The fraction of sp³-hybridized carbons (Fsp3) is 0.0526. The van der Waals surface area contributed by atoms with Crippen LogP contribution in [-0.2, 0) is 4.79 Å². The fourth-order valence-electron chi connectivity index (χ4n) is 2.36. The van der Waals surface area contributed by atoms with Crippen LogP contribution in [0.2, 0.25) is 0 Å². The molecule has 0 radical (unpaired) electrons. The molecule has 0 N–H and O–H groups in total. The number of thioether (sulfide) groups is 1. The summed E-state index contributed by atoms with van der Waals surface area (Å²) >= 11 is 9.91. The van der Waals surface area contributed by atoms with Crippen LogP contribution < -0.4 is 9.64 Å². The Labute approximate surface area is 168 Å². The van der Waals surface area contributed by atoms with Gasteiger partial charge in [-0.15, -0.1) is 0 Å². The number of thiocarbonyl (C=S) groups is 1. The van der Waals surface area contributed by atoms with E-state index in [1.54, 1.807) is 24.3 Å². The van der Waals surface area contributed by atoms with Crippen molar-refractivity contribution in [2.45, 2.75) is 0 Å². The van der Waals surface area contributed by atoms with Crippen LogP contribution in [0, 0.1) is 5.82 Å². The van der Waals surface area contributed by atoms with E-state index in [2.05, 4.69) is 22.5 Å². The van der Waals surface area contributed by atoms with E-state index >= 15 is 0 Å². The first-order valence-corrected chi connectivity index (χ1v) is 9.58. The molecule has 0 aromatic heterocycles. The maximum absolute atomic E-state index is 13.5. The molecule has 1 amide bonds. The summed E-state index contributed by atoms with van der Waals surface area (Å²) in [5.74, 6) is -0.0861. The second-order valence-electron chi connectivity index (χ2n) is 5.28. The summed E-state index contributed by atoms with van der Waals surface area (Å²) in [6.07, 6.45) is 3.37. The minimum Gasteiger partial charge on any atom is -0.489 e. The monoisotopic (exact) mass is 449 g/mol. The third-order valence-electron chi connectivity index (χ3n) is 3.48. The number of hydrogen-bond acceptors (Lipinski definition) is 4. The molecule has 0 spiro atoms. The van der Waals surface area contributed by atoms with Crippen LogP contribution in [0.3, 0.4) is 0 Å². The molecule has 1 saturated heterocycles. The first-order valence-electron chi connectivity index (χ1n) is 7.56. The largest absolute Gasteiger partial charge is 0.489 e. The van der Waals surface area contributed by atoms with Gasteiger partial charge in [-0.2, -0.15) is 0 Å². The molecule has 0 bridgehead atoms. The molecule has 7 heteroatoms. The number of halogens is 2. The van der Waals surface area contributed by atoms with Crippen molar-refractivity contribution in [3.8, 4) is 5.75 Å². The summed E-state index contributed by atoms with van der Waals surface area (Å²) in [4.78, 5) is 14.6. The molecular weight excluding hydrogens is 437 g/mol. The predicted octanol–water partition coefficient (Wildman–Crippen LogP) is 5.56. The zero-order valence-electron chi connectivity index (χ0n) is 13.4. The van der Waals surface area contributed by atoms with Crippen molar-refractivity contribution < 1.29 is 13.9 Å². The third kappa shape index (κ3) is 4.06. The van der Waals surface area contributed by atoms with E-state index < -0.39 is 5.82 Å². The number of carbonyl (C=O) groups is 1. The van der Waals surface area contributed by atoms with Gasteiger partial charge in [0.05, 0.1) is 10.6 Å². The Hall–Kier alpha value is -1.96. The highest BCUT2D eigenvalue weighted by molar-refractivity contribution is 9.10. The molecule has 0 unspecified atom stereocenters. The van der Waals surface area contributed by atoms with Gasteiger partial charge in [0.25, 0.3) is 5.91 Å². The molecule has 1 aliphatic rings.